The Morgan fingerprint density at radius 1 is 1.32 bits per heavy atom. The summed E-state index contributed by atoms with van der Waals surface area (Å²) in [5.41, 5.74) is 1.75. The van der Waals surface area contributed by atoms with Gasteiger partial charge in [-0.3, -0.25) is 14.6 Å². The summed E-state index contributed by atoms with van der Waals surface area (Å²) in [4.78, 5) is 31.8. The van der Waals surface area contributed by atoms with E-state index >= 15 is 0 Å². The van der Waals surface area contributed by atoms with Crippen molar-refractivity contribution in [3.8, 4) is 0 Å². The van der Waals surface area contributed by atoms with Gasteiger partial charge in [0.1, 0.15) is 6.54 Å². The fourth-order valence-corrected chi connectivity index (χ4v) is 3.70. The van der Waals surface area contributed by atoms with Crippen molar-refractivity contribution in [2.75, 3.05) is 41.5 Å². The number of anilines is 2. The number of aromatic nitrogens is 1. The van der Waals surface area contributed by atoms with Crippen LogP contribution >= 0.6 is 11.8 Å². The lowest BCUT2D eigenvalue weighted by Crippen LogP contribution is -2.35. The number of hydrogen-bond acceptors (Lipinski definition) is 5. The van der Waals surface area contributed by atoms with E-state index in [-0.39, 0.29) is 18.4 Å². The number of thioether (sulfide) groups is 1. The van der Waals surface area contributed by atoms with Gasteiger partial charge in [-0.25, -0.2) is 0 Å². The second kappa shape index (κ2) is 7.00. The summed E-state index contributed by atoms with van der Waals surface area (Å²) in [6, 6.07) is 1.94. The predicted octanol–water partition coefficient (Wildman–Crippen LogP) is 1.54. The van der Waals surface area contributed by atoms with Gasteiger partial charge in [0.25, 0.3) is 0 Å². The maximum atomic E-state index is 12.2. The number of amides is 2. The predicted molar refractivity (Wildman–Crippen MR) is 88.0 cm³/mol. The molecule has 2 fully saturated rings. The lowest BCUT2D eigenvalue weighted by molar-refractivity contribution is -0.130. The molecule has 3 heterocycles. The molecule has 1 aromatic heterocycles. The molecule has 0 aromatic carbocycles. The Labute approximate surface area is 134 Å². The number of hydrogen-bond donors (Lipinski definition) is 1. The monoisotopic (exact) mass is 320 g/mol. The van der Waals surface area contributed by atoms with Gasteiger partial charge in [-0.2, -0.15) is 0 Å². The third-order valence-electron chi connectivity index (χ3n) is 3.93. The molecule has 0 atom stereocenters. The molecule has 0 radical (unpaired) electrons. The lowest BCUT2D eigenvalue weighted by Gasteiger charge is -2.30. The summed E-state index contributed by atoms with van der Waals surface area (Å²) in [7, 11) is 0. The third kappa shape index (κ3) is 3.52. The van der Waals surface area contributed by atoms with Crippen LogP contribution in [-0.4, -0.2) is 53.0 Å². The molecule has 0 spiro atoms. The first-order chi connectivity index (χ1) is 10.7. The fourth-order valence-electron chi connectivity index (χ4n) is 2.80. The van der Waals surface area contributed by atoms with E-state index in [0.717, 1.165) is 24.5 Å². The van der Waals surface area contributed by atoms with Crippen molar-refractivity contribution < 1.29 is 9.59 Å². The number of nitrogens with one attached hydrogen (secondary N) is 1. The Balaban J connectivity index is 1.66. The van der Waals surface area contributed by atoms with Gasteiger partial charge >= 0.3 is 0 Å². The van der Waals surface area contributed by atoms with Crippen molar-refractivity contribution in [1.29, 1.82) is 0 Å². The summed E-state index contributed by atoms with van der Waals surface area (Å²) in [5.74, 6) is 0.932. The molecule has 22 heavy (non-hydrogen) atoms. The van der Waals surface area contributed by atoms with Crippen molar-refractivity contribution in [1.82, 2.24) is 9.88 Å². The van der Waals surface area contributed by atoms with E-state index in [0.29, 0.717) is 11.6 Å². The van der Waals surface area contributed by atoms with Crippen LogP contribution in [0.25, 0.3) is 0 Å². The summed E-state index contributed by atoms with van der Waals surface area (Å²) in [6.07, 6.45) is 7.05. The summed E-state index contributed by atoms with van der Waals surface area (Å²) in [5, 5.41) is 2.91. The van der Waals surface area contributed by atoms with E-state index in [9.17, 15) is 9.59 Å². The molecule has 2 saturated heterocycles. The summed E-state index contributed by atoms with van der Waals surface area (Å²) >= 11 is 1.54. The van der Waals surface area contributed by atoms with Crippen LogP contribution in [0.2, 0.25) is 0 Å². The number of piperidine rings is 1. The molecule has 3 rings (SSSR count). The van der Waals surface area contributed by atoms with E-state index in [4.69, 9.17) is 0 Å². The molecule has 7 heteroatoms. The van der Waals surface area contributed by atoms with Gasteiger partial charge in [-0.15, -0.1) is 11.8 Å². The molecule has 0 unspecified atom stereocenters. The topological polar surface area (TPSA) is 65.5 Å². The molecule has 1 aromatic rings. The number of carbonyl (C=O) groups is 2. The normalized spacial score (nSPS) is 18.6. The van der Waals surface area contributed by atoms with Gasteiger partial charge in [0.15, 0.2) is 0 Å². The molecule has 0 bridgehead atoms. The minimum Gasteiger partial charge on any atom is -0.370 e. The Kier molecular flexibility index (Phi) is 4.82. The van der Waals surface area contributed by atoms with Crippen molar-refractivity contribution >= 4 is 35.0 Å². The minimum atomic E-state index is -0.165. The van der Waals surface area contributed by atoms with Crippen LogP contribution in [0.4, 0.5) is 11.4 Å². The highest BCUT2D eigenvalue weighted by atomic mass is 32.2. The van der Waals surface area contributed by atoms with Crippen molar-refractivity contribution in [3.63, 3.8) is 0 Å². The van der Waals surface area contributed by atoms with Crippen molar-refractivity contribution in [3.05, 3.63) is 18.5 Å². The molecular formula is C15H20N4O2S. The van der Waals surface area contributed by atoms with Gasteiger partial charge in [-0.05, 0) is 25.3 Å². The molecule has 2 aliphatic heterocycles. The number of carbonyl (C=O) groups excluding carboxylic acids is 2. The molecular weight excluding hydrogens is 300 g/mol. The number of pyridine rings is 1. The first-order valence-corrected chi connectivity index (χ1v) is 8.74. The Morgan fingerprint density at radius 2 is 2.14 bits per heavy atom. The van der Waals surface area contributed by atoms with Crippen LogP contribution < -0.4 is 10.2 Å². The SMILES string of the molecule is O=C(CN1CSCC1=O)Nc1cnccc1N1CCCCC1. The summed E-state index contributed by atoms with van der Waals surface area (Å²) < 4.78 is 0. The quantitative estimate of drug-likeness (QED) is 0.912. The van der Waals surface area contributed by atoms with E-state index in [1.54, 1.807) is 29.1 Å². The maximum Gasteiger partial charge on any atom is 0.244 e. The standard InChI is InChI=1S/C15H20N4O2S/c20-14(9-19-11-22-10-15(19)21)17-12-8-16-5-4-13(12)18-6-2-1-3-7-18/h4-5,8H,1-3,6-7,9-11H2,(H,17,20). The molecule has 2 aliphatic rings. The molecule has 0 aliphatic carbocycles. The van der Waals surface area contributed by atoms with Crippen LogP contribution in [0.1, 0.15) is 19.3 Å². The third-order valence-corrected chi connectivity index (χ3v) is 4.87. The zero-order valence-corrected chi connectivity index (χ0v) is 13.3. The average molecular weight is 320 g/mol. The Morgan fingerprint density at radius 3 is 2.86 bits per heavy atom. The van der Waals surface area contributed by atoms with Crippen LogP contribution in [-0.2, 0) is 9.59 Å². The van der Waals surface area contributed by atoms with Gasteiger partial charge in [0, 0.05) is 19.3 Å². The maximum absolute atomic E-state index is 12.2. The first kappa shape index (κ1) is 15.1. The highest BCUT2D eigenvalue weighted by Gasteiger charge is 2.23. The van der Waals surface area contributed by atoms with Gasteiger partial charge < -0.3 is 15.1 Å². The second-order valence-corrected chi connectivity index (χ2v) is 6.51. The largest absolute Gasteiger partial charge is 0.370 e. The van der Waals surface area contributed by atoms with Crippen LogP contribution in [0, 0.1) is 0 Å². The van der Waals surface area contributed by atoms with Crippen LogP contribution in [0.3, 0.4) is 0 Å². The minimum absolute atomic E-state index is 0.0302. The Bertz CT molecular complexity index is 560. The van der Waals surface area contributed by atoms with Gasteiger partial charge in [-0.1, -0.05) is 0 Å². The lowest BCUT2D eigenvalue weighted by atomic mass is 10.1. The van der Waals surface area contributed by atoms with Crippen molar-refractivity contribution in [2.45, 2.75) is 19.3 Å². The van der Waals surface area contributed by atoms with E-state index in [2.05, 4.69) is 15.2 Å². The average Bonchev–Trinajstić information content (AvgIpc) is 2.94. The smallest absolute Gasteiger partial charge is 0.244 e. The number of rotatable bonds is 4. The summed E-state index contributed by atoms with van der Waals surface area (Å²) in [6.45, 7) is 2.13. The number of nitrogens with zero attached hydrogens (tertiary/aromatic N) is 3. The van der Waals surface area contributed by atoms with Crippen LogP contribution in [0.5, 0.6) is 0 Å². The van der Waals surface area contributed by atoms with E-state index in [1.807, 2.05) is 6.07 Å². The second-order valence-electron chi connectivity index (χ2n) is 5.56. The van der Waals surface area contributed by atoms with Gasteiger partial charge in [0.05, 0.1) is 29.2 Å². The fraction of sp³-hybridized carbons (Fsp3) is 0.533. The highest BCUT2D eigenvalue weighted by Crippen LogP contribution is 2.27. The zero-order chi connectivity index (χ0) is 15.4. The van der Waals surface area contributed by atoms with Gasteiger partial charge in [0.2, 0.25) is 11.8 Å². The van der Waals surface area contributed by atoms with Crippen LogP contribution in [0.15, 0.2) is 18.5 Å². The zero-order valence-electron chi connectivity index (χ0n) is 12.5. The van der Waals surface area contributed by atoms with E-state index in [1.165, 1.54) is 19.3 Å². The Hall–Kier alpha value is -1.76. The molecule has 6 nitrogen and oxygen atoms in total. The highest BCUT2D eigenvalue weighted by molar-refractivity contribution is 8.00. The molecule has 2 amide bonds. The first-order valence-electron chi connectivity index (χ1n) is 7.58. The van der Waals surface area contributed by atoms with E-state index < -0.39 is 0 Å². The molecule has 0 saturated carbocycles. The van der Waals surface area contributed by atoms with Crippen molar-refractivity contribution in [2.24, 2.45) is 0 Å². The molecule has 118 valence electrons. The molecule has 1 N–H and O–H groups in total.